The lowest BCUT2D eigenvalue weighted by Crippen LogP contribution is -2.16. The third kappa shape index (κ3) is 2.22. The van der Waals surface area contributed by atoms with Gasteiger partial charge in [0.25, 0.3) is 0 Å². The number of methoxy groups -OCH3 is 1. The Morgan fingerprint density at radius 1 is 0.840 bits per heavy atom. The summed E-state index contributed by atoms with van der Waals surface area (Å²) in [5.41, 5.74) is 1.19. The number of carbonyl (C=O) groups excluding carboxylic acids is 2. The number of hydrogen-bond acceptors (Lipinski definition) is 4. The van der Waals surface area contributed by atoms with Gasteiger partial charge in [-0.15, -0.1) is 0 Å². The molecule has 4 heteroatoms. The maximum absolute atomic E-state index is 12.9. The summed E-state index contributed by atoms with van der Waals surface area (Å²) in [6.07, 6.45) is 1.29. The van der Waals surface area contributed by atoms with Gasteiger partial charge >= 0.3 is 0 Å². The number of rotatable bonds is 2. The van der Waals surface area contributed by atoms with Crippen LogP contribution in [0.2, 0.25) is 0 Å². The van der Waals surface area contributed by atoms with Crippen LogP contribution in [0.4, 0.5) is 0 Å². The minimum absolute atomic E-state index is 0.0387. The van der Waals surface area contributed by atoms with E-state index in [1.54, 1.807) is 42.5 Å². The van der Waals surface area contributed by atoms with E-state index >= 15 is 0 Å². The number of Topliss-reactive ketones (excluding diaryl/α,β-unsaturated/α-hetero) is 1. The Balaban J connectivity index is 1.98. The van der Waals surface area contributed by atoms with Crippen LogP contribution in [0.1, 0.15) is 26.3 Å². The second kappa shape index (κ2) is 5.60. The molecule has 0 aromatic heterocycles. The van der Waals surface area contributed by atoms with Crippen molar-refractivity contribution in [3.8, 4) is 11.5 Å². The molecule has 3 aromatic carbocycles. The second-order valence-electron chi connectivity index (χ2n) is 5.82. The minimum atomic E-state index is -0.289. The molecule has 1 aliphatic carbocycles. The number of phenolic OH excluding ortho intramolecular Hbond substituents is 1. The van der Waals surface area contributed by atoms with E-state index in [1.165, 1.54) is 13.2 Å². The van der Waals surface area contributed by atoms with Crippen LogP contribution in [0.15, 0.2) is 60.7 Å². The molecule has 25 heavy (non-hydrogen) atoms. The number of ether oxygens (including phenoxy) is 1. The number of allylic oxidation sites excluding steroid dienone is 2. The van der Waals surface area contributed by atoms with Gasteiger partial charge in [0.05, 0.1) is 7.11 Å². The average molecular weight is 330 g/mol. The largest absolute Gasteiger partial charge is 0.507 e. The first-order valence-corrected chi connectivity index (χ1v) is 7.80. The first-order valence-electron chi connectivity index (χ1n) is 7.80. The van der Waals surface area contributed by atoms with Crippen LogP contribution >= 0.6 is 0 Å². The van der Waals surface area contributed by atoms with Crippen LogP contribution in [0.25, 0.3) is 16.3 Å². The molecule has 0 saturated carbocycles. The summed E-state index contributed by atoms with van der Waals surface area (Å²) in [4.78, 5) is 25.3. The summed E-state index contributed by atoms with van der Waals surface area (Å²) in [6, 6.07) is 15.5. The second-order valence-corrected chi connectivity index (χ2v) is 5.82. The van der Waals surface area contributed by atoms with E-state index < -0.39 is 0 Å². The molecule has 0 heterocycles. The lowest BCUT2D eigenvalue weighted by Gasteiger charge is -2.18. The maximum atomic E-state index is 12.9. The van der Waals surface area contributed by atoms with Crippen molar-refractivity contribution in [3.05, 3.63) is 77.4 Å². The monoisotopic (exact) mass is 330 g/mol. The van der Waals surface area contributed by atoms with E-state index in [0.717, 1.165) is 5.39 Å². The molecule has 0 spiro atoms. The standard InChI is InChI=1S/C21H14O4/c1-25-19-11-17(21(24)15-9-5-3-7-13(15)19)16-10-18(22)12-6-2-4-8-14(12)20(16)23/h2-11,24H,1H3. The number of hydrogen-bond donors (Lipinski definition) is 1. The smallest absolute Gasteiger partial charge is 0.194 e. The fourth-order valence-electron chi connectivity index (χ4n) is 3.22. The molecule has 0 amide bonds. The molecule has 0 fully saturated rings. The maximum Gasteiger partial charge on any atom is 0.194 e. The number of carbonyl (C=O) groups is 2. The highest BCUT2D eigenvalue weighted by Crippen LogP contribution is 2.41. The van der Waals surface area contributed by atoms with Gasteiger partial charge in [-0.2, -0.15) is 0 Å². The number of phenols is 1. The molecular weight excluding hydrogens is 316 g/mol. The predicted octanol–water partition coefficient (Wildman–Crippen LogP) is 4.02. The van der Waals surface area contributed by atoms with Crippen molar-refractivity contribution < 1.29 is 19.4 Å². The van der Waals surface area contributed by atoms with Crippen LogP contribution in [0.5, 0.6) is 11.5 Å². The van der Waals surface area contributed by atoms with Crippen molar-refractivity contribution in [2.45, 2.75) is 0 Å². The van der Waals surface area contributed by atoms with Gasteiger partial charge in [-0.3, -0.25) is 9.59 Å². The molecule has 0 unspecified atom stereocenters. The van der Waals surface area contributed by atoms with Crippen molar-refractivity contribution in [2.75, 3.05) is 7.11 Å². The van der Waals surface area contributed by atoms with Crippen molar-refractivity contribution >= 4 is 27.9 Å². The molecule has 3 aromatic rings. The van der Waals surface area contributed by atoms with Gasteiger partial charge in [0.2, 0.25) is 0 Å². The summed E-state index contributed by atoms with van der Waals surface area (Å²) in [5, 5.41) is 12.0. The number of ketones is 2. The highest BCUT2D eigenvalue weighted by atomic mass is 16.5. The van der Waals surface area contributed by atoms with Crippen LogP contribution in [0.3, 0.4) is 0 Å². The van der Waals surface area contributed by atoms with Gasteiger partial charge in [-0.1, -0.05) is 48.5 Å². The summed E-state index contributed by atoms with van der Waals surface area (Å²) < 4.78 is 5.41. The summed E-state index contributed by atoms with van der Waals surface area (Å²) in [5.74, 6) is -0.0499. The zero-order valence-electron chi connectivity index (χ0n) is 13.4. The molecule has 4 rings (SSSR count). The first-order chi connectivity index (χ1) is 12.1. The number of fused-ring (bicyclic) bond motifs is 2. The molecule has 4 nitrogen and oxygen atoms in total. The molecule has 122 valence electrons. The Kier molecular flexibility index (Phi) is 3.39. The van der Waals surface area contributed by atoms with Gasteiger partial charge in [0.15, 0.2) is 11.6 Å². The normalized spacial score (nSPS) is 13.6. The lowest BCUT2D eigenvalue weighted by atomic mass is 9.85. The van der Waals surface area contributed by atoms with Crippen molar-refractivity contribution in [1.82, 2.24) is 0 Å². The Morgan fingerprint density at radius 3 is 2.20 bits per heavy atom. The molecule has 1 aliphatic rings. The van der Waals surface area contributed by atoms with E-state index in [-0.39, 0.29) is 22.9 Å². The van der Waals surface area contributed by atoms with Crippen LogP contribution in [-0.4, -0.2) is 23.8 Å². The van der Waals surface area contributed by atoms with E-state index in [0.29, 0.717) is 27.8 Å². The van der Waals surface area contributed by atoms with Gasteiger partial charge in [-0.05, 0) is 12.1 Å². The van der Waals surface area contributed by atoms with E-state index in [4.69, 9.17) is 4.74 Å². The quantitative estimate of drug-likeness (QED) is 0.771. The van der Waals surface area contributed by atoms with Crippen LogP contribution < -0.4 is 4.74 Å². The molecule has 0 saturated heterocycles. The number of aromatic hydroxyl groups is 1. The third-order valence-electron chi connectivity index (χ3n) is 4.45. The molecule has 0 bridgehead atoms. The zero-order chi connectivity index (χ0) is 17.6. The number of benzene rings is 3. The highest BCUT2D eigenvalue weighted by Gasteiger charge is 2.28. The molecule has 0 atom stereocenters. The summed E-state index contributed by atoms with van der Waals surface area (Å²) in [7, 11) is 1.53. The fraction of sp³-hybridized carbons (Fsp3) is 0.0476. The Labute approximate surface area is 144 Å². The molecule has 0 radical (unpaired) electrons. The first kappa shape index (κ1) is 15.1. The molecule has 0 aliphatic heterocycles. The Morgan fingerprint density at radius 2 is 1.48 bits per heavy atom. The Bertz CT molecular complexity index is 1080. The van der Waals surface area contributed by atoms with Crippen molar-refractivity contribution in [3.63, 3.8) is 0 Å². The van der Waals surface area contributed by atoms with E-state index in [2.05, 4.69) is 0 Å². The molecule has 1 N–H and O–H groups in total. The summed E-state index contributed by atoms with van der Waals surface area (Å²) >= 11 is 0. The average Bonchev–Trinajstić information content (AvgIpc) is 2.65. The van der Waals surface area contributed by atoms with Gasteiger partial charge < -0.3 is 9.84 Å². The van der Waals surface area contributed by atoms with Gasteiger partial charge in [0, 0.05) is 33.0 Å². The predicted molar refractivity (Wildman–Crippen MR) is 95.2 cm³/mol. The van der Waals surface area contributed by atoms with Crippen molar-refractivity contribution in [1.29, 1.82) is 0 Å². The summed E-state index contributed by atoms with van der Waals surface area (Å²) in [6.45, 7) is 0. The molecular formula is C21H14O4. The van der Waals surface area contributed by atoms with E-state index in [1.807, 2.05) is 12.1 Å². The minimum Gasteiger partial charge on any atom is -0.507 e. The fourth-order valence-corrected chi connectivity index (χ4v) is 3.22. The van der Waals surface area contributed by atoms with Crippen molar-refractivity contribution in [2.24, 2.45) is 0 Å². The lowest BCUT2D eigenvalue weighted by molar-refractivity contribution is 0.100. The third-order valence-corrected chi connectivity index (χ3v) is 4.45. The highest BCUT2D eigenvalue weighted by molar-refractivity contribution is 6.39. The topological polar surface area (TPSA) is 63.6 Å². The SMILES string of the molecule is COc1cc(C2=CC(=O)c3ccccc3C2=O)c(O)c2ccccc12. The van der Waals surface area contributed by atoms with Crippen LogP contribution in [0, 0.1) is 0 Å². The van der Waals surface area contributed by atoms with Crippen LogP contribution in [-0.2, 0) is 0 Å². The van der Waals surface area contributed by atoms with Gasteiger partial charge in [-0.25, -0.2) is 0 Å². The zero-order valence-corrected chi connectivity index (χ0v) is 13.4. The van der Waals surface area contributed by atoms with E-state index in [9.17, 15) is 14.7 Å². The van der Waals surface area contributed by atoms with Gasteiger partial charge in [0.1, 0.15) is 11.5 Å². The Hall–Kier alpha value is -3.40.